The number of fused-ring (bicyclic) bond motifs is 2. The Hall–Kier alpha value is -0.890. The lowest BCUT2D eigenvalue weighted by atomic mass is 9.81. The van der Waals surface area contributed by atoms with Crippen molar-refractivity contribution in [2.75, 3.05) is 0 Å². The molecule has 0 aliphatic heterocycles. The van der Waals surface area contributed by atoms with Gasteiger partial charge in [0, 0.05) is 5.56 Å². The lowest BCUT2D eigenvalue weighted by Gasteiger charge is -2.28. The van der Waals surface area contributed by atoms with Crippen LogP contribution in [-0.2, 0) is 0 Å². The topological polar surface area (TPSA) is 20.2 Å². The van der Waals surface area contributed by atoms with Crippen molar-refractivity contribution >= 4 is 0 Å². The number of halogens is 1. The molecule has 18 heavy (non-hydrogen) atoms. The Morgan fingerprint density at radius 1 is 1.22 bits per heavy atom. The zero-order valence-electron chi connectivity index (χ0n) is 11.1. The van der Waals surface area contributed by atoms with E-state index in [9.17, 15) is 9.50 Å². The summed E-state index contributed by atoms with van der Waals surface area (Å²) in [6, 6.07) is 3.51. The molecule has 1 aromatic carbocycles. The molecule has 0 saturated heterocycles. The SMILES string of the molecule is Cc1cc(C)c(C(O)C2CC3CCC2C3)c(F)c1. The fourth-order valence-corrected chi connectivity index (χ4v) is 4.20. The first-order valence-corrected chi connectivity index (χ1v) is 7.01. The van der Waals surface area contributed by atoms with Crippen LogP contribution in [0.3, 0.4) is 0 Å². The van der Waals surface area contributed by atoms with E-state index in [1.54, 1.807) is 6.07 Å². The van der Waals surface area contributed by atoms with Gasteiger partial charge in [0.25, 0.3) is 0 Å². The second-order valence-electron chi connectivity index (χ2n) is 6.26. The van der Waals surface area contributed by atoms with Crippen molar-refractivity contribution in [1.29, 1.82) is 0 Å². The van der Waals surface area contributed by atoms with Crippen LogP contribution < -0.4 is 0 Å². The monoisotopic (exact) mass is 248 g/mol. The van der Waals surface area contributed by atoms with Gasteiger partial charge in [-0.25, -0.2) is 4.39 Å². The van der Waals surface area contributed by atoms with E-state index in [0.29, 0.717) is 11.5 Å². The lowest BCUT2D eigenvalue weighted by Crippen LogP contribution is -2.21. The Kier molecular flexibility index (Phi) is 2.93. The van der Waals surface area contributed by atoms with Gasteiger partial charge in [-0.2, -0.15) is 0 Å². The highest BCUT2D eigenvalue weighted by Crippen LogP contribution is 2.53. The highest BCUT2D eigenvalue weighted by Gasteiger charge is 2.43. The summed E-state index contributed by atoms with van der Waals surface area (Å²) in [6.45, 7) is 3.80. The van der Waals surface area contributed by atoms with Crippen molar-refractivity contribution in [3.8, 4) is 0 Å². The van der Waals surface area contributed by atoms with Crippen LogP contribution in [0.1, 0.15) is 48.5 Å². The van der Waals surface area contributed by atoms with Crippen molar-refractivity contribution in [1.82, 2.24) is 0 Å². The quantitative estimate of drug-likeness (QED) is 0.841. The van der Waals surface area contributed by atoms with E-state index in [4.69, 9.17) is 0 Å². The average Bonchev–Trinajstić information content (AvgIpc) is 2.88. The van der Waals surface area contributed by atoms with Gasteiger partial charge in [-0.3, -0.25) is 0 Å². The van der Waals surface area contributed by atoms with Crippen molar-refractivity contribution in [3.63, 3.8) is 0 Å². The molecule has 4 unspecified atom stereocenters. The molecule has 1 nitrogen and oxygen atoms in total. The third-order valence-electron chi connectivity index (χ3n) is 4.97. The molecule has 4 atom stereocenters. The molecule has 0 amide bonds. The Morgan fingerprint density at radius 3 is 2.56 bits per heavy atom. The summed E-state index contributed by atoms with van der Waals surface area (Å²) in [5.41, 5.74) is 2.36. The normalized spacial score (nSPS) is 31.9. The zero-order valence-corrected chi connectivity index (χ0v) is 11.1. The van der Waals surface area contributed by atoms with E-state index < -0.39 is 6.10 Å². The molecule has 2 aliphatic carbocycles. The molecule has 2 aliphatic rings. The van der Waals surface area contributed by atoms with Gasteiger partial charge in [0.05, 0.1) is 6.10 Å². The van der Waals surface area contributed by atoms with E-state index >= 15 is 0 Å². The minimum Gasteiger partial charge on any atom is -0.388 e. The second-order valence-corrected chi connectivity index (χ2v) is 6.26. The number of aliphatic hydroxyl groups excluding tert-OH is 1. The molecule has 2 heteroatoms. The third-order valence-corrected chi connectivity index (χ3v) is 4.97. The number of aryl methyl sites for hydroxylation is 2. The smallest absolute Gasteiger partial charge is 0.129 e. The van der Waals surface area contributed by atoms with Crippen molar-refractivity contribution in [3.05, 3.63) is 34.6 Å². The molecule has 2 saturated carbocycles. The number of hydrogen-bond acceptors (Lipinski definition) is 1. The first kappa shape index (κ1) is 12.2. The Labute approximate surface area is 108 Å². The van der Waals surface area contributed by atoms with Gasteiger partial charge < -0.3 is 5.11 Å². The second kappa shape index (κ2) is 4.34. The maximum absolute atomic E-state index is 14.1. The number of rotatable bonds is 2. The molecule has 2 bridgehead atoms. The highest BCUT2D eigenvalue weighted by molar-refractivity contribution is 5.34. The molecule has 1 N–H and O–H groups in total. The average molecular weight is 248 g/mol. The molecular weight excluding hydrogens is 227 g/mol. The first-order chi connectivity index (χ1) is 8.56. The van der Waals surface area contributed by atoms with E-state index in [-0.39, 0.29) is 11.7 Å². The summed E-state index contributed by atoms with van der Waals surface area (Å²) >= 11 is 0. The van der Waals surface area contributed by atoms with E-state index in [1.165, 1.54) is 19.3 Å². The predicted molar refractivity (Wildman–Crippen MR) is 69.8 cm³/mol. The third kappa shape index (κ3) is 1.87. The molecule has 2 fully saturated rings. The van der Waals surface area contributed by atoms with Gasteiger partial charge in [-0.15, -0.1) is 0 Å². The molecule has 98 valence electrons. The maximum Gasteiger partial charge on any atom is 0.129 e. The summed E-state index contributed by atoms with van der Waals surface area (Å²) in [7, 11) is 0. The first-order valence-electron chi connectivity index (χ1n) is 7.01. The van der Waals surface area contributed by atoms with Gasteiger partial charge in [-0.05, 0) is 68.1 Å². The number of aliphatic hydroxyl groups is 1. The van der Waals surface area contributed by atoms with E-state index in [1.807, 2.05) is 19.9 Å². The molecule has 0 aromatic heterocycles. The van der Waals surface area contributed by atoms with Crippen LogP contribution in [0.2, 0.25) is 0 Å². The van der Waals surface area contributed by atoms with Crippen LogP contribution in [0, 0.1) is 37.4 Å². The van der Waals surface area contributed by atoms with Crippen LogP contribution in [0.5, 0.6) is 0 Å². The van der Waals surface area contributed by atoms with Gasteiger partial charge in [0.15, 0.2) is 0 Å². The maximum atomic E-state index is 14.1. The number of hydrogen-bond donors (Lipinski definition) is 1. The number of benzene rings is 1. The predicted octanol–water partition coefficient (Wildman–Crippen LogP) is 3.91. The van der Waals surface area contributed by atoms with Crippen molar-refractivity contribution < 1.29 is 9.50 Å². The van der Waals surface area contributed by atoms with Gasteiger partial charge in [0.1, 0.15) is 5.82 Å². The van der Waals surface area contributed by atoms with Crippen molar-refractivity contribution in [2.24, 2.45) is 17.8 Å². The van der Waals surface area contributed by atoms with Crippen LogP contribution in [0.15, 0.2) is 12.1 Å². The summed E-state index contributed by atoms with van der Waals surface area (Å²) < 4.78 is 14.1. The van der Waals surface area contributed by atoms with Crippen molar-refractivity contribution in [2.45, 2.75) is 45.6 Å². The minimum absolute atomic E-state index is 0.234. The fraction of sp³-hybridized carbons (Fsp3) is 0.625. The fourth-order valence-electron chi connectivity index (χ4n) is 4.20. The van der Waals surface area contributed by atoms with Gasteiger partial charge in [-0.1, -0.05) is 12.5 Å². The molecule has 0 heterocycles. The summed E-state index contributed by atoms with van der Waals surface area (Å²) in [6.07, 6.45) is 4.25. The molecular formula is C16H21FO. The van der Waals surface area contributed by atoms with Crippen LogP contribution in [0.25, 0.3) is 0 Å². The van der Waals surface area contributed by atoms with Crippen LogP contribution in [0.4, 0.5) is 4.39 Å². The Morgan fingerprint density at radius 2 is 2.00 bits per heavy atom. The minimum atomic E-state index is -0.610. The summed E-state index contributed by atoms with van der Waals surface area (Å²) in [5.74, 6) is 1.44. The largest absolute Gasteiger partial charge is 0.388 e. The van der Waals surface area contributed by atoms with E-state index in [2.05, 4.69) is 0 Å². The highest BCUT2D eigenvalue weighted by atomic mass is 19.1. The molecule has 1 aromatic rings. The summed E-state index contributed by atoms with van der Waals surface area (Å²) in [4.78, 5) is 0. The van der Waals surface area contributed by atoms with E-state index in [0.717, 1.165) is 23.5 Å². The molecule has 3 rings (SSSR count). The summed E-state index contributed by atoms with van der Waals surface area (Å²) in [5, 5.41) is 10.6. The van der Waals surface area contributed by atoms with Crippen LogP contribution in [-0.4, -0.2) is 5.11 Å². The van der Waals surface area contributed by atoms with Crippen LogP contribution >= 0.6 is 0 Å². The Balaban J connectivity index is 1.91. The van der Waals surface area contributed by atoms with Gasteiger partial charge >= 0.3 is 0 Å². The van der Waals surface area contributed by atoms with Gasteiger partial charge in [0.2, 0.25) is 0 Å². The zero-order chi connectivity index (χ0) is 12.9. The lowest BCUT2D eigenvalue weighted by molar-refractivity contribution is 0.0709. The molecule has 0 radical (unpaired) electrons. The standard InChI is InChI=1S/C16H21FO/c1-9-5-10(2)15(14(17)6-9)16(18)13-8-11-3-4-12(13)7-11/h5-6,11-13,16,18H,3-4,7-8H2,1-2H3. The molecule has 0 spiro atoms. The Bertz CT molecular complexity index is 445.